The molecular formula is C41H48F4N4O5. The van der Waals surface area contributed by atoms with Crippen LogP contribution in [-0.2, 0) is 17.8 Å². The zero-order valence-corrected chi connectivity index (χ0v) is 31.0. The molecule has 6 rings (SSSR count). The van der Waals surface area contributed by atoms with Crippen LogP contribution in [-0.4, -0.2) is 93.0 Å². The first-order valence-electron chi connectivity index (χ1n) is 18.1. The molecule has 0 atom stereocenters. The number of carboxylic acid groups (broad SMARTS) is 1. The van der Waals surface area contributed by atoms with Gasteiger partial charge in [0.15, 0.2) is 0 Å². The van der Waals surface area contributed by atoms with Crippen LogP contribution in [0.25, 0.3) is 21.9 Å². The Hall–Kier alpha value is -4.88. The van der Waals surface area contributed by atoms with Crippen molar-refractivity contribution in [2.45, 2.75) is 51.7 Å². The second-order valence-corrected chi connectivity index (χ2v) is 13.8. The highest BCUT2D eigenvalue weighted by Crippen LogP contribution is 2.43. The second-order valence-electron chi connectivity index (χ2n) is 13.8. The lowest BCUT2D eigenvalue weighted by molar-refractivity contribution is -0.146. The summed E-state index contributed by atoms with van der Waals surface area (Å²) < 4.78 is 62.6. The van der Waals surface area contributed by atoms with Crippen LogP contribution >= 0.6 is 0 Å². The minimum absolute atomic E-state index is 0.112. The van der Waals surface area contributed by atoms with Crippen LogP contribution in [0.2, 0.25) is 0 Å². The number of ether oxygens (including phenoxy) is 2. The van der Waals surface area contributed by atoms with Gasteiger partial charge in [0.05, 0.1) is 31.9 Å². The summed E-state index contributed by atoms with van der Waals surface area (Å²) >= 11 is 0. The number of alkyl halides is 3. The molecule has 4 aromatic carbocycles. The molecule has 0 unspecified atom stereocenters. The average Bonchev–Trinajstić information content (AvgIpc) is 3.13. The highest BCUT2D eigenvalue weighted by molar-refractivity contribution is 6.01. The first kappa shape index (κ1) is 40.3. The Kier molecular flexibility index (Phi) is 13.4. The standard InChI is InChI=1S/C27H31NO4.C14H17F4N3O/c1-31-24-16-19(18-28-14-4-3-5-15-28)17-25(32-2)27(24)23-11-7-9-21-20(12-13-26(29)30)8-6-10-22(21)23;1-9-6-10(7-11(15)12(9)13(19)22)21-4-2-20(3-5-21)8-14(16,17)18/h6-11,16-17H,3-5,12-15,18H2,1-2H3,(H,29,30);6-7H,2-5,8H2,1H3,(H2,19,22). The fourth-order valence-corrected chi connectivity index (χ4v) is 7.39. The highest BCUT2D eigenvalue weighted by atomic mass is 19.4. The molecule has 0 saturated carbocycles. The number of likely N-dealkylation sites (tertiary alicyclic amines) is 1. The number of carbonyl (C=O) groups excluding carboxylic acids is 1. The van der Waals surface area contributed by atoms with Gasteiger partial charge in [-0.25, -0.2) is 4.39 Å². The van der Waals surface area contributed by atoms with Crippen molar-refractivity contribution in [3.05, 3.63) is 88.7 Å². The summed E-state index contributed by atoms with van der Waals surface area (Å²) in [4.78, 5) is 27.9. The van der Waals surface area contributed by atoms with E-state index >= 15 is 0 Å². The normalized spacial score (nSPS) is 15.4. The maximum atomic E-state index is 13.9. The van der Waals surface area contributed by atoms with Gasteiger partial charge < -0.3 is 25.2 Å². The van der Waals surface area contributed by atoms with Gasteiger partial charge in [0.1, 0.15) is 17.3 Å². The van der Waals surface area contributed by atoms with E-state index in [1.165, 1.54) is 35.8 Å². The molecule has 54 heavy (non-hydrogen) atoms. The van der Waals surface area contributed by atoms with E-state index in [-0.39, 0.29) is 25.1 Å². The number of aliphatic carboxylic acids is 1. The third-order valence-corrected chi connectivity index (χ3v) is 9.97. The van der Waals surface area contributed by atoms with Gasteiger partial charge >= 0.3 is 12.1 Å². The molecule has 0 radical (unpaired) electrons. The van der Waals surface area contributed by atoms with Crippen molar-refractivity contribution in [1.82, 2.24) is 9.80 Å². The molecule has 0 spiro atoms. The van der Waals surface area contributed by atoms with E-state index in [0.717, 1.165) is 58.6 Å². The number of aryl methyl sites for hydroxylation is 2. The fourth-order valence-electron chi connectivity index (χ4n) is 7.39. The molecule has 0 bridgehead atoms. The number of fused-ring (bicyclic) bond motifs is 1. The Morgan fingerprint density at radius 1 is 0.833 bits per heavy atom. The third-order valence-electron chi connectivity index (χ3n) is 9.97. The van der Waals surface area contributed by atoms with Crippen molar-refractivity contribution in [1.29, 1.82) is 0 Å². The molecule has 2 fully saturated rings. The minimum Gasteiger partial charge on any atom is -0.496 e. The lowest BCUT2D eigenvalue weighted by Gasteiger charge is -2.36. The molecule has 290 valence electrons. The van der Waals surface area contributed by atoms with E-state index in [0.29, 0.717) is 30.8 Å². The molecule has 1 amide bonds. The number of benzene rings is 4. The van der Waals surface area contributed by atoms with Gasteiger partial charge in [-0.3, -0.25) is 19.4 Å². The molecule has 2 saturated heterocycles. The van der Waals surface area contributed by atoms with Crippen molar-refractivity contribution in [2.24, 2.45) is 5.73 Å². The number of amides is 1. The Morgan fingerprint density at radius 2 is 1.46 bits per heavy atom. The topological polar surface area (TPSA) is 109 Å². The molecule has 2 heterocycles. The van der Waals surface area contributed by atoms with Gasteiger partial charge in [-0.15, -0.1) is 0 Å². The zero-order valence-electron chi connectivity index (χ0n) is 31.0. The number of nitrogens with two attached hydrogens (primary N) is 1. The van der Waals surface area contributed by atoms with Crippen LogP contribution in [0.15, 0.2) is 60.7 Å². The first-order chi connectivity index (χ1) is 25.8. The number of methoxy groups -OCH3 is 2. The second kappa shape index (κ2) is 18.0. The van der Waals surface area contributed by atoms with Gasteiger partial charge in [-0.2, -0.15) is 13.2 Å². The van der Waals surface area contributed by atoms with Crippen molar-refractivity contribution in [3.8, 4) is 22.6 Å². The molecule has 0 aliphatic carbocycles. The van der Waals surface area contributed by atoms with Gasteiger partial charge in [-0.05, 0) is 96.6 Å². The fraction of sp³-hybridized carbons (Fsp3) is 0.415. The van der Waals surface area contributed by atoms with E-state index in [4.69, 9.17) is 20.3 Å². The molecule has 9 nitrogen and oxygen atoms in total. The molecular weight excluding hydrogens is 704 g/mol. The number of piperidine rings is 1. The summed E-state index contributed by atoms with van der Waals surface area (Å²) in [5.41, 5.74) is 10.1. The third kappa shape index (κ3) is 10.2. The smallest absolute Gasteiger partial charge is 0.401 e. The number of rotatable bonds is 11. The van der Waals surface area contributed by atoms with Crippen molar-refractivity contribution < 1.29 is 41.7 Å². The van der Waals surface area contributed by atoms with Gasteiger partial charge in [0.2, 0.25) is 0 Å². The molecule has 4 aromatic rings. The van der Waals surface area contributed by atoms with Crippen LogP contribution in [0.4, 0.5) is 23.2 Å². The van der Waals surface area contributed by atoms with Gasteiger partial charge in [0, 0.05) is 44.8 Å². The number of primary amides is 1. The summed E-state index contributed by atoms with van der Waals surface area (Å²) in [6.07, 6.45) is 0.227. The molecule has 3 N–H and O–H groups in total. The van der Waals surface area contributed by atoms with Crippen LogP contribution in [0.3, 0.4) is 0 Å². The number of hydrogen-bond acceptors (Lipinski definition) is 7. The van der Waals surface area contributed by atoms with E-state index in [1.54, 1.807) is 32.1 Å². The molecule has 2 aliphatic rings. The lowest BCUT2D eigenvalue weighted by Crippen LogP contribution is -2.49. The molecule has 0 aromatic heterocycles. The zero-order chi connectivity index (χ0) is 39.0. The summed E-state index contributed by atoms with van der Waals surface area (Å²) in [6.45, 7) is 5.03. The summed E-state index contributed by atoms with van der Waals surface area (Å²) in [5, 5.41) is 11.3. The number of nitrogens with zero attached hydrogens (tertiary/aromatic N) is 3. The summed E-state index contributed by atoms with van der Waals surface area (Å²) in [7, 11) is 3.40. The first-order valence-corrected chi connectivity index (χ1v) is 18.1. The Labute approximate surface area is 313 Å². The van der Waals surface area contributed by atoms with Crippen LogP contribution in [0.1, 0.15) is 52.7 Å². The highest BCUT2D eigenvalue weighted by Gasteiger charge is 2.32. The van der Waals surface area contributed by atoms with Gasteiger partial charge in [0.25, 0.3) is 5.91 Å². The van der Waals surface area contributed by atoms with Crippen molar-refractivity contribution in [3.63, 3.8) is 0 Å². The maximum Gasteiger partial charge on any atom is 0.401 e. The predicted molar refractivity (Wildman–Crippen MR) is 202 cm³/mol. The van der Waals surface area contributed by atoms with E-state index in [1.807, 2.05) is 18.2 Å². The Balaban J connectivity index is 0.000000223. The van der Waals surface area contributed by atoms with Gasteiger partial charge in [-0.1, -0.05) is 42.8 Å². The van der Waals surface area contributed by atoms with E-state index < -0.39 is 30.4 Å². The van der Waals surface area contributed by atoms with Crippen LogP contribution in [0.5, 0.6) is 11.5 Å². The molecule has 13 heteroatoms. The molecule has 2 aliphatic heterocycles. The Morgan fingerprint density at radius 3 is 2.04 bits per heavy atom. The quantitative estimate of drug-likeness (QED) is 0.152. The minimum atomic E-state index is -4.21. The van der Waals surface area contributed by atoms with E-state index in [9.17, 15) is 27.2 Å². The largest absolute Gasteiger partial charge is 0.496 e. The number of hydrogen-bond donors (Lipinski definition) is 2. The number of carbonyl (C=O) groups is 2. The SMILES string of the molecule is COc1cc(CN2CCCCC2)cc(OC)c1-c1cccc2c(CCC(=O)O)cccc12.Cc1cc(N2CCN(CC(F)(F)F)CC2)cc(F)c1C(N)=O. The summed E-state index contributed by atoms with van der Waals surface area (Å²) in [5.74, 6) is -0.748. The maximum absolute atomic E-state index is 13.9. The number of piperazine rings is 1. The van der Waals surface area contributed by atoms with Crippen molar-refractivity contribution >= 4 is 28.3 Å². The number of halogens is 4. The Bertz CT molecular complexity index is 1890. The monoisotopic (exact) mass is 752 g/mol. The predicted octanol–water partition coefficient (Wildman–Crippen LogP) is 7.44. The number of anilines is 1. The lowest BCUT2D eigenvalue weighted by atomic mass is 9.92. The van der Waals surface area contributed by atoms with Crippen LogP contribution < -0.4 is 20.1 Å². The van der Waals surface area contributed by atoms with Crippen LogP contribution in [0, 0.1) is 12.7 Å². The number of carboxylic acids is 1. The van der Waals surface area contributed by atoms with Crippen molar-refractivity contribution in [2.75, 3.05) is 64.9 Å². The summed E-state index contributed by atoms with van der Waals surface area (Å²) in [6, 6.07) is 19.3. The van der Waals surface area contributed by atoms with E-state index in [2.05, 4.69) is 35.2 Å². The average molecular weight is 753 g/mol.